The highest BCUT2D eigenvalue weighted by molar-refractivity contribution is 5.96. The highest BCUT2D eigenvalue weighted by Gasteiger charge is 2.27. The lowest BCUT2D eigenvalue weighted by atomic mass is 9.98. The van der Waals surface area contributed by atoms with E-state index < -0.39 is 0 Å². The second-order valence-corrected chi connectivity index (χ2v) is 6.93. The first-order valence-electron chi connectivity index (χ1n) is 9.51. The van der Waals surface area contributed by atoms with Gasteiger partial charge in [-0.2, -0.15) is 0 Å². The van der Waals surface area contributed by atoms with Crippen molar-refractivity contribution in [3.8, 4) is 5.75 Å². The molecule has 0 spiro atoms. The Hall–Kier alpha value is -3.05. The monoisotopic (exact) mass is 376 g/mol. The number of furan rings is 1. The van der Waals surface area contributed by atoms with Crippen LogP contribution in [-0.4, -0.2) is 31.0 Å². The third-order valence-electron chi connectivity index (χ3n) is 5.28. The van der Waals surface area contributed by atoms with E-state index in [9.17, 15) is 4.79 Å². The van der Waals surface area contributed by atoms with Crippen molar-refractivity contribution in [2.75, 3.05) is 20.2 Å². The van der Waals surface area contributed by atoms with E-state index in [1.165, 1.54) is 11.1 Å². The number of hydrogen-bond acceptors (Lipinski definition) is 4. The molecule has 0 radical (unpaired) electrons. The Balaban J connectivity index is 1.51. The summed E-state index contributed by atoms with van der Waals surface area (Å²) in [4.78, 5) is 15.1. The molecule has 0 bridgehead atoms. The topological polar surface area (TPSA) is 54.7 Å². The highest BCUT2D eigenvalue weighted by atomic mass is 16.5. The number of hydrogen-bond donors (Lipinski definition) is 1. The lowest BCUT2D eigenvalue weighted by Gasteiger charge is -2.34. The van der Waals surface area contributed by atoms with E-state index in [4.69, 9.17) is 9.15 Å². The van der Waals surface area contributed by atoms with Gasteiger partial charge in [-0.25, -0.2) is 0 Å². The van der Waals surface area contributed by atoms with Crippen LogP contribution in [0.2, 0.25) is 0 Å². The lowest BCUT2D eigenvalue weighted by molar-refractivity contribution is 0.0916. The molecule has 0 aliphatic carbocycles. The van der Waals surface area contributed by atoms with E-state index in [0.717, 1.165) is 25.3 Å². The number of amides is 1. The molecule has 1 N–H and O–H groups in total. The molecule has 5 nitrogen and oxygen atoms in total. The van der Waals surface area contributed by atoms with Gasteiger partial charge in [-0.05, 0) is 41.8 Å². The van der Waals surface area contributed by atoms with Gasteiger partial charge in [-0.1, -0.05) is 36.4 Å². The molecule has 2 heterocycles. The zero-order valence-corrected chi connectivity index (χ0v) is 15.9. The summed E-state index contributed by atoms with van der Waals surface area (Å²) in [5, 5.41) is 3.06. The van der Waals surface area contributed by atoms with Crippen molar-refractivity contribution in [2.24, 2.45) is 0 Å². The fourth-order valence-electron chi connectivity index (χ4n) is 3.79. The smallest absolute Gasteiger partial charge is 0.255 e. The summed E-state index contributed by atoms with van der Waals surface area (Å²) >= 11 is 0. The molecule has 28 heavy (non-hydrogen) atoms. The SMILES string of the molecule is COc1ccccc1C(=O)NC[C@@H](c1ccco1)N1CCc2ccccc2C1. The fourth-order valence-corrected chi connectivity index (χ4v) is 3.79. The molecule has 1 amide bonds. The van der Waals surface area contributed by atoms with Crippen LogP contribution in [0.25, 0.3) is 0 Å². The van der Waals surface area contributed by atoms with Crippen LogP contribution in [0.4, 0.5) is 0 Å². The predicted molar refractivity (Wildman–Crippen MR) is 107 cm³/mol. The largest absolute Gasteiger partial charge is 0.496 e. The standard InChI is InChI=1S/C23H24N2O3/c1-27-21-10-5-4-9-19(21)23(26)24-15-20(22-11-6-14-28-22)25-13-12-17-7-2-3-8-18(17)16-25/h2-11,14,20H,12-13,15-16H2,1H3,(H,24,26)/t20-/m0/s1. The third kappa shape index (κ3) is 3.80. The summed E-state index contributed by atoms with van der Waals surface area (Å²) in [5.74, 6) is 1.28. The average Bonchev–Trinajstić information content (AvgIpc) is 3.28. The molecule has 3 aromatic rings. The van der Waals surface area contributed by atoms with Crippen LogP contribution in [0.3, 0.4) is 0 Å². The molecule has 5 heteroatoms. The number of fused-ring (bicyclic) bond motifs is 1. The van der Waals surface area contributed by atoms with Gasteiger partial charge in [0.15, 0.2) is 0 Å². The molecule has 0 fully saturated rings. The van der Waals surface area contributed by atoms with E-state index in [1.807, 2.05) is 24.3 Å². The second kappa shape index (κ2) is 8.31. The van der Waals surface area contributed by atoms with Gasteiger partial charge in [0.2, 0.25) is 0 Å². The maximum atomic E-state index is 12.7. The molecule has 1 atom stereocenters. The van der Waals surface area contributed by atoms with Gasteiger partial charge < -0.3 is 14.5 Å². The number of nitrogens with zero attached hydrogens (tertiary/aromatic N) is 1. The zero-order chi connectivity index (χ0) is 19.3. The normalized spacial score (nSPS) is 14.9. The quantitative estimate of drug-likeness (QED) is 0.711. The van der Waals surface area contributed by atoms with Crippen molar-refractivity contribution in [1.82, 2.24) is 10.2 Å². The molecule has 1 aromatic heterocycles. The van der Waals surface area contributed by atoms with E-state index in [1.54, 1.807) is 25.5 Å². The number of benzene rings is 2. The Morgan fingerprint density at radius 1 is 1.11 bits per heavy atom. The Kier molecular flexibility index (Phi) is 5.44. The lowest BCUT2D eigenvalue weighted by Crippen LogP contribution is -2.40. The van der Waals surface area contributed by atoms with Crippen molar-refractivity contribution >= 4 is 5.91 Å². The first-order chi connectivity index (χ1) is 13.8. The van der Waals surface area contributed by atoms with Crippen molar-refractivity contribution < 1.29 is 13.9 Å². The van der Waals surface area contributed by atoms with Crippen LogP contribution < -0.4 is 10.1 Å². The molecular formula is C23H24N2O3. The van der Waals surface area contributed by atoms with E-state index >= 15 is 0 Å². The van der Waals surface area contributed by atoms with Gasteiger partial charge in [0.05, 0.1) is 25.0 Å². The summed E-state index contributed by atoms with van der Waals surface area (Å²) in [6, 6.07) is 19.6. The average molecular weight is 376 g/mol. The van der Waals surface area contributed by atoms with Crippen molar-refractivity contribution in [2.45, 2.75) is 19.0 Å². The number of carbonyl (C=O) groups is 1. The molecule has 0 saturated carbocycles. The molecule has 0 unspecified atom stereocenters. The van der Waals surface area contributed by atoms with Gasteiger partial charge in [0.25, 0.3) is 5.91 Å². The Labute approximate surface area is 164 Å². The number of para-hydroxylation sites is 1. The maximum Gasteiger partial charge on any atom is 0.255 e. The maximum absolute atomic E-state index is 12.7. The predicted octanol–water partition coefficient (Wildman–Crippen LogP) is 3.82. The molecule has 0 saturated heterocycles. The van der Waals surface area contributed by atoms with Gasteiger partial charge in [-0.3, -0.25) is 9.69 Å². The summed E-state index contributed by atoms with van der Waals surface area (Å²) in [7, 11) is 1.57. The number of rotatable bonds is 6. The number of ether oxygens (including phenoxy) is 1. The van der Waals surface area contributed by atoms with Crippen LogP contribution in [0, 0.1) is 0 Å². The van der Waals surface area contributed by atoms with E-state index in [2.05, 4.69) is 34.5 Å². The Bertz CT molecular complexity index is 937. The van der Waals surface area contributed by atoms with Gasteiger partial charge >= 0.3 is 0 Å². The minimum Gasteiger partial charge on any atom is -0.496 e. The summed E-state index contributed by atoms with van der Waals surface area (Å²) < 4.78 is 11.0. The summed E-state index contributed by atoms with van der Waals surface area (Å²) in [6.45, 7) is 2.23. The van der Waals surface area contributed by atoms with Crippen LogP contribution in [0.1, 0.15) is 33.3 Å². The molecular weight excluding hydrogens is 352 g/mol. The fraction of sp³-hybridized carbons (Fsp3) is 0.261. The highest BCUT2D eigenvalue weighted by Crippen LogP contribution is 2.28. The minimum absolute atomic E-state index is 0.0259. The van der Waals surface area contributed by atoms with Crippen LogP contribution in [0.5, 0.6) is 5.75 Å². The minimum atomic E-state index is -0.147. The summed E-state index contributed by atoms with van der Waals surface area (Å²) in [6.07, 6.45) is 2.68. The molecule has 144 valence electrons. The Morgan fingerprint density at radius 3 is 2.68 bits per heavy atom. The third-order valence-corrected chi connectivity index (χ3v) is 5.28. The molecule has 2 aromatic carbocycles. The first-order valence-corrected chi connectivity index (χ1v) is 9.51. The number of nitrogens with one attached hydrogen (secondary N) is 1. The van der Waals surface area contributed by atoms with E-state index in [0.29, 0.717) is 17.9 Å². The van der Waals surface area contributed by atoms with Crippen LogP contribution in [0.15, 0.2) is 71.3 Å². The van der Waals surface area contributed by atoms with Crippen molar-refractivity contribution in [1.29, 1.82) is 0 Å². The van der Waals surface area contributed by atoms with Crippen molar-refractivity contribution in [3.05, 3.63) is 89.4 Å². The zero-order valence-electron chi connectivity index (χ0n) is 15.9. The van der Waals surface area contributed by atoms with Gasteiger partial charge in [0.1, 0.15) is 11.5 Å². The second-order valence-electron chi connectivity index (χ2n) is 6.93. The summed E-state index contributed by atoms with van der Waals surface area (Å²) in [5.41, 5.74) is 3.27. The number of carbonyl (C=O) groups excluding carboxylic acids is 1. The van der Waals surface area contributed by atoms with E-state index in [-0.39, 0.29) is 11.9 Å². The molecule has 1 aliphatic rings. The van der Waals surface area contributed by atoms with Crippen LogP contribution in [-0.2, 0) is 13.0 Å². The number of methoxy groups -OCH3 is 1. The Morgan fingerprint density at radius 2 is 1.89 bits per heavy atom. The van der Waals surface area contributed by atoms with Crippen LogP contribution >= 0.6 is 0 Å². The first kappa shape index (κ1) is 18.3. The van der Waals surface area contributed by atoms with Gasteiger partial charge in [0, 0.05) is 19.6 Å². The molecule has 1 aliphatic heterocycles. The molecule has 4 rings (SSSR count). The van der Waals surface area contributed by atoms with Gasteiger partial charge in [-0.15, -0.1) is 0 Å². The van der Waals surface area contributed by atoms with Crippen molar-refractivity contribution in [3.63, 3.8) is 0 Å².